The van der Waals surface area contributed by atoms with Crippen LogP contribution in [0, 0.1) is 0 Å². The topological polar surface area (TPSA) is 26.3 Å². The number of allylic oxidation sites excluding steroid dienone is 2. The number of hydrogen-bond donors (Lipinski definition) is 0. The number of alkyl halides is 20. The van der Waals surface area contributed by atoms with E-state index in [0.29, 0.717) is 0 Å². The average molecular weight is 616 g/mol. The van der Waals surface area contributed by atoms with Crippen molar-refractivity contribution >= 4 is 10.8 Å². The molecule has 0 N–H and O–H groups in total. The minimum atomic E-state index is -7.84. The molecule has 1 aliphatic rings. The molecular formula is C14H4F20O2S. The van der Waals surface area contributed by atoms with Crippen LogP contribution in [0.25, 0.3) is 0 Å². The van der Waals surface area contributed by atoms with Crippen LogP contribution in [0.5, 0.6) is 0 Å². The van der Waals surface area contributed by atoms with E-state index in [1.807, 2.05) is 0 Å². The lowest BCUT2D eigenvalue weighted by Gasteiger charge is -2.39. The van der Waals surface area contributed by atoms with Crippen molar-refractivity contribution in [2.24, 2.45) is 0 Å². The Morgan fingerprint density at radius 1 is 0.514 bits per heavy atom. The van der Waals surface area contributed by atoms with Gasteiger partial charge in [-0.05, 0) is 0 Å². The first-order valence-corrected chi connectivity index (χ1v) is 9.37. The number of ether oxygens (including phenoxy) is 1. The first-order chi connectivity index (χ1) is 16.0. The van der Waals surface area contributed by atoms with E-state index in [1.165, 1.54) is 0 Å². The van der Waals surface area contributed by atoms with E-state index >= 15 is 0 Å². The molecule has 2 nitrogen and oxygen atoms in total. The molecule has 0 radical (unpaired) electrons. The van der Waals surface area contributed by atoms with Crippen molar-refractivity contribution in [3.05, 3.63) is 22.3 Å². The third-order valence-electron chi connectivity index (χ3n) is 4.25. The van der Waals surface area contributed by atoms with Gasteiger partial charge in [-0.15, -0.1) is 0 Å². The zero-order valence-corrected chi connectivity index (χ0v) is 16.9. The lowest BCUT2D eigenvalue weighted by Crippen LogP contribution is -2.66. The van der Waals surface area contributed by atoms with Gasteiger partial charge in [0.25, 0.3) is 0 Å². The van der Waals surface area contributed by atoms with E-state index in [2.05, 4.69) is 4.74 Å². The van der Waals surface area contributed by atoms with Crippen molar-refractivity contribution in [1.29, 1.82) is 0 Å². The second-order valence-corrected chi connectivity index (χ2v) is 7.82. The summed E-state index contributed by atoms with van der Waals surface area (Å²) < 4.78 is 278. The van der Waals surface area contributed by atoms with Gasteiger partial charge >= 0.3 is 60.2 Å². The molecule has 0 aromatic carbocycles. The zero-order chi connectivity index (χ0) is 30.0. The summed E-state index contributed by atoms with van der Waals surface area (Å²) in [6, 6.07) is 0. The monoisotopic (exact) mass is 616 g/mol. The van der Waals surface area contributed by atoms with Gasteiger partial charge in [0.05, 0.1) is 21.6 Å². The summed E-state index contributed by atoms with van der Waals surface area (Å²) in [6.07, 6.45) is -11.6. The van der Waals surface area contributed by atoms with Crippen LogP contribution in [0.1, 0.15) is 0 Å². The molecule has 218 valence electrons. The predicted molar refractivity (Wildman–Crippen MR) is 77.0 cm³/mol. The van der Waals surface area contributed by atoms with Crippen molar-refractivity contribution in [2.75, 3.05) is 0 Å². The molecule has 1 heterocycles. The summed E-state index contributed by atoms with van der Waals surface area (Å²) in [5.74, 6) is -67.9. The van der Waals surface area contributed by atoms with Crippen LogP contribution in [-0.4, -0.2) is 64.4 Å². The highest BCUT2D eigenvalue weighted by molar-refractivity contribution is 7.90. The Labute approximate surface area is 191 Å². The van der Waals surface area contributed by atoms with Crippen LogP contribution >= 0.6 is 0 Å². The highest BCUT2D eigenvalue weighted by Gasteiger charge is 2.86. The van der Waals surface area contributed by atoms with Crippen molar-refractivity contribution in [2.45, 2.75) is 60.2 Å². The summed E-state index contributed by atoms with van der Waals surface area (Å²) in [5.41, 5.74) is 0. The minimum absolute atomic E-state index is 1.17. The smallest absolute Gasteiger partial charge is 0.386 e. The van der Waals surface area contributed by atoms with Crippen LogP contribution < -0.4 is 0 Å². The highest BCUT2D eigenvalue weighted by Crippen LogP contribution is 2.59. The third-order valence-corrected chi connectivity index (χ3v) is 5.14. The minimum Gasteiger partial charge on any atom is -0.451 e. The Hall–Kier alpha value is -1.97. The zero-order valence-electron chi connectivity index (χ0n) is 16.1. The largest absolute Gasteiger partial charge is 0.451 e. The summed E-state index contributed by atoms with van der Waals surface area (Å²) >= 11 is 0. The fourth-order valence-corrected chi connectivity index (χ4v) is 2.97. The molecule has 0 aromatic heterocycles. The fourth-order valence-electron chi connectivity index (χ4n) is 2.08. The highest BCUT2D eigenvalue weighted by atomic mass is 32.2. The van der Waals surface area contributed by atoms with Crippen LogP contribution in [0.2, 0.25) is 0 Å². The second-order valence-electron chi connectivity index (χ2n) is 6.69. The van der Waals surface area contributed by atoms with Crippen molar-refractivity contribution < 1.29 is 96.8 Å². The van der Waals surface area contributed by atoms with E-state index in [0.717, 1.165) is 0 Å². The van der Waals surface area contributed by atoms with E-state index < -0.39 is 93.4 Å². The quantitative estimate of drug-likeness (QED) is 0.246. The van der Waals surface area contributed by atoms with Crippen molar-refractivity contribution in [3.63, 3.8) is 0 Å². The Balaban J connectivity index is 3.63. The first kappa shape index (κ1) is 33.1. The fraction of sp³-hybridized carbons (Fsp3) is 0.714. The molecule has 0 saturated carbocycles. The molecule has 23 heteroatoms. The normalized spacial score (nSPS) is 18.2. The Morgan fingerprint density at radius 2 is 0.757 bits per heavy atom. The molecule has 0 saturated heterocycles. The van der Waals surface area contributed by atoms with E-state index in [-0.39, 0.29) is 0 Å². The maximum atomic E-state index is 14.0. The standard InChI is InChI=1S/C14H4F20O2S/c15-5(16)9(23,24)13(31,32)11(27,28)7(19,20)3-1-37(35)2-4(36-3)8(21,22)12(29,30)14(33,34)10(25,26)6(17)18/h1-2,5-6H. The first-order valence-electron chi connectivity index (χ1n) is 8.10. The second kappa shape index (κ2) is 9.06. The molecule has 0 spiro atoms. The number of rotatable bonds is 10. The number of halogens is 20. The molecule has 0 unspecified atom stereocenters. The van der Waals surface area contributed by atoms with Gasteiger partial charge in [0.15, 0.2) is 11.5 Å². The molecule has 0 aromatic rings. The van der Waals surface area contributed by atoms with Gasteiger partial charge in [-0.3, -0.25) is 4.21 Å². The van der Waals surface area contributed by atoms with Gasteiger partial charge in [-0.25, -0.2) is 17.6 Å². The van der Waals surface area contributed by atoms with Crippen LogP contribution in [0.4, 0.5) is 87.8 Å². The molecule has 0 aliphatic carbocycles. The van der Waals surface area contributed by atoms with Gasteiger partial charge in [-0.2, -0.15) is 70.2 Å². The summed E-state index contributed by atoms with van der Waals surface area (Å²) in [4.78, 5) is 0. The van der Waals surface area contributed by atoms with Gasteiger partial charge in [0.2, 0.25) is 0 Å². The molecule has 1 rings (SSSR count). The maximum Gasteiger partial charge on any atom is 0.386 e. The molecule has 37 heavy (non-hydrogen) atoms. The van der Waals surface area contributed by atoms with Crippen LogP contribution in [0.15, 0.2) is 22.3 Å². The van der Waals surface area contributed by atoms with Crippen molar-refractivity contribution in [1.82, 2.24) is 0 Å². The van der Waals surface area contributed by atoms with Crippen LogP contribution in [-0.2, 0) is 15.5 Å². The Kier molecular flexibility index (Phi) is 8.09. The molecule has 1 aliphatic heterocycles. The van der Waals surface area contributed by atoms with Crippen LogP contribution in [0.3, 0.4) is 0 Å². The maximum absolute atomic E-state index is 14.0. The van der Waals surface area contributed by atoms with Gasteiger partial charge in [0.1, 0.15) is 0 Å². The predicted octanol–water partition coefficient (Wildman–Crippen LogP) is 7.06. The Morgan fingerprint density at radius 3 is 0.973 bits per heavy atom. The van der Waals surface area contributed by atoms with Gasteiger partial charge < -0.3 is 4.74 Å². The third kappa shape index (κ3) is 4.51. The van der Waals surface area contributed by atoms with E-state index in [9.17, 15) is 92.0 Å². The molecule has 0 bridgehead atoms. The average Bonchev–Trinajstić information content (AvgIpc) is 2.71. The SMILES string of the molecule is O=S1C=C(C(F)(F)C(F)(F)C(F)(F)C(F)(F)C(F)F)OC(C(F)(F)C(F)(F)C(F)(F)C(F)(F)C(F)F)=C1. The summed E-state index contributed by atoms with van der Waals surface area (Å²) in [6.45, 7) is 0. The van der Waals surface area contributed by atoms with Gasteiger partial charge in [0, 0.05) is 0 Å². The Bertz CT molecular complexity index is 890. The lowest BCUT2D eigenvalue weighted by molar-refractivity contribution is -0.385. The van der Waals surface area contributed by atoms with E-state index in [4.69, 9.17) is 0 Å². The van der Waals surface area contributed by atoms with Gasteiger partial charge in [-0.1, -0.05) is 0 Å². The van der Waals surface area contributed by atoms with Crippen molar-refractivity contribution in [3.8, 4) is 0 Å². The molecule has 0 fully saturated rings. The molecule has 0 amide bonds. The summed E-state index contributed by atoms with van der Waals surface area (Å²) in [7, 11) is -4.01. The van der Waals surface area contributed by atoms with E-state index in [1.54, 1.807) is 0 Å². The number of hydrogen-bond acceptors (Lipinski definition) is 2. The molecule has 0 atom stereocenters. The summed E-state index contributed by atoms with van der Waals surface area (Å²) in [5, 5.41) is -2.34. The lowest BCUT2D eigenvalue weighted by atomic mass is 9.96. The molecular weight excluding hydrogens is 612 g/mol.